The summed E-state index contributed by atoms with van der Waals surface area (Å²) in [5.74, 6) is -5.38. The average molecular weight is 498 g/mol. The van der Waals surface area contributed by atoms with Crippen molar-refractivity contribution in [2.75, 3.05) is 39.3 Å². The molecule has 15 nitrogen and oxygen atoms in total. The molecule has 9 N–H and O–H groups in total. The van der Waals surface area contributed by atoms with Crippen LogP contribution in [-0.4, -0.2) is 134 Å². The Morgan fingerprint density at radius 2 is 0.633 bits per heavy atom. The normalized spacial score (nSPS) is 22.3. The van der Waals surface area contributed by atoms with Crippen LogP contribution in [0.4, 0.5) is 0 Å². The zero-order valence-corrected chi connectivity index (χ0v) is 18.3. The van der Waals surface area contributed by atoms with Gasteiger partial charge in [-0.1, -0.05) is 0 Å². The fourth-order valence-electron chi connectivity index (χ4n) is 3.06. The summed E-state index contributed by atoms with van der Waals surface area (Å²) < 4.78 is 0. The van der Waals surface area contributed by atoms with Crippen LogP contribution in [0.25, 0.3) is 0 Å². The zero-order chi connectivity index (χ0) is 23.3. The van der Waals surface area contributed by atoms with E-state index < -0.39 is 41.2 Å². The largest absolute Gasteiger partial charge is 0.430 e. The number of nitrogens with zero attached hydrogens (tertiary/aromatic N) is 3. The molecule has 18 heteroatoms. The first-order chi connectivity index (χ1) is 13.7. The highest BCUT2D eigenvalue weighted by Gasteiger charge is 2.52. The van der Waals surface area contributed by atoms with Crippen LogP contribution in [0.3, 0.4) is 0 Å². The fraction of sp³-hybridized carbons (Fsp3) is 0.750. The summed E-state index contributed by atoms with van der Waals surface area (Å²) in [5, 5.41) is 0. The van der Waals surface area contributed by atoms with Gasteiger partial charge in [-0.2, -0.15) is 44.0 Å². The number of aldehydes is 3. The van der Waals surface area contributed by atoms with Crippen molar-refractivity contribution in [1.82, 2.24) is 14.7 Å². The minimum absolute atomic E-state index is 0.0671. The van der Waals surface area contributed by atoms with Gasteiger partial charge in [0.15, 0.2) is 18.9 Å². The SMILES string of the molecule is O=CC(N1CCN(C(C=O)[P+](O)(O)O)CCN(C(C=O)[P+](O)(O)O)CC1)[P+](O)(O)O. The molecule has 1 fully saturated rings. The van der Waals surface area contributed by atoms with Gasteiger partial charge >= 0.3 is 23.8 Å². The molecule has 3 unspecified atom stereocenters. The van der Waals surface area contributed by atoms with E-state index in [4.69, 9.17) is 0 Å². The summed E-state index contributed by atoms with van der Waals surface area (Å²) in [4.78, 5) is 123. The number of carbonyl (C=O) groups excluding carboxylic acids is 3. The lowest BCUT2D eigenvalue weighted by atomic mass is 10.4. The lowest BCUT2D eigenvalue weighted by molar-refractivity contribution is -0.112. The van der Waals surface area contributed by atoms with Crippen molar-refractivity contribution in [1.29, 1.82) is 0 Å². The van der Waals surface area contributed by atoms with Crippen LogP contribution in [0.5, 0.6) is 0 Å². The van der Waals surface area contributed by atoms with Gasteiger partial charge in [-0.15, -0.1) is 0 Å². The van der Waals surface area contributed by atoms with Crippen LogP contribution in [0.15, 0.2) is 0 Å². The summed E-state index contributed by atoms with van der Waals surface area (Å²) in [5.41, 5.74) is 0. The molecular weight excluding hydrogens is 471 g/mol. The highest BCUT2D eigenvalue weighted by molar-refractivity contribution is 7.60. The molecule has 30 heavy (non-hydrogen) atoms. The molecule has 1 saturated heterocycles. The Kier molecular flexibility index (Phi) is 10.3. The molecule has 0 amide bonds. The number of carbonyl (C=O) groups is 3. The van der Waals surface area contributed by atoms with Gasteiger partial charge in [0.2, 0.25) is 0 Å². The van der Waals surface area contributed by atoms with Gasteiger partial charge in [0, 0.05) is 39.3 Å². The van der Waals surface area contributed by atoms with Gasteiger partial charge in [0.1, 0.15) is 0 Å². The highest BCUT2D eigenvalue weighted by Crippen LogP contribution is 2.53. The first kappa shape index (κ1) is 27.9. The van der Waals surface area contributed by atoms with Crippen LogP contribution >= 0.6 is 23.8 Å². The quantitative estimate of drug-likeness (QED) is 0.108. The van der Waals surface area contributed by atoms with Gasteiger partial charge in [-0.3, -0.25) is 29.1 Å². The van der Waals surface area contributed by atoms with Crippen LogP contribution in [-0.2, 0) is 14.4 Å². The Morgan fingerprint density at radius 3 is 0.733 bits per heavy atom. The Morgan fingerprint density at radius 1 is 0.467 bits per heavy atom. The molecule has 0 aromatic carbocycles. The molecule has 1 heterocycles. The second-order valence-corrected chi connectivity index (χ2v) is 11.9. The first-order valence-electron chi connectivity index (χ1n) is 8.45. The summed E-state index contributed by atoms with van der Waals surface area (Å²) in [6.07, 6.45) is 0.201. The van der Waals surface area contributed by atoms with E-state index in [0.29, 0.717) is 0 Å². The zero-order valence-electron chi connectivity index (χ0n) is 15.6. The Labute approximate surface area is 173 Å². The second kappa shape index (κ2) is 11.1. The Hall–Kier alpha value is -0.180. The lowest BCUT2D eigenvalue weighted by Crippen LogP contribution is -2.46. The maximum absolute atomic E-state index is 11.3. The van der Waals surface area contributed by atoms with E-state index in [-0.39, 0.29) is 58.1 Å². The fourth-order valence-corrected chi connectivity index (χ4v) is 5.56. The molecule has 0 aromatic rings. The number of rotatable bonds is 9. The summed E-state index contributed by atoms with van der Waals surface area (Å²) in [7, 11) is -14.1. The number of hydrogen-bond donors (Lipinski definition) is 9. The molecular formula is C12H27N3O12P3+3. The van der Waals surface area contributed by atoms with Crippen LogP contribution < -0.4 is 0 Å². The van der Waals surface area contributed by atoms with Crippen molar-refractivity contribution in [3.05, 3.63) is 0 Å². The monoisotopic (exact) mass is 498 g/mol. The Bertz CT molecular complexity index is 503. The molecule has 0 aromatic heterocycles. The van der Waals surface area contributed by atoms with E-state index in [9.17, 15) is 58.4 Å². The summed E-state index contributed by atoms with van der Waals surface area (Å²) >= 11 is 0. The van der Waals surface area contributed by atoms with Crippen LogP contribution in [0.2, 0.25) is 0 Å². The summed E-state index contributed by atoms with van der Waals surface area (Å²) in [6, 6.07) is 0. The summed E-state index contributed by atoms with van der Waals surface area (Å²) in [6.45, 7) is -1.37. The standard InChI is InChI=1S/C12H27N3O12P3/c16-7-10(28(19,20)21)13-1-2-14(11(8-17)29(22,23)24)5-6-15(4-3-13)12(9-18)30(25,26)27/h7-12,19-27H,1-6H2/q+3. The van der Waals surface area contributed by atoms with Crippen molar-refractivity contribution in [2.24, 2.45) is 0 Å². The van der Waals surface area contributed by atoms with Gasteiger partial charge in [0.25, 0.3) is 17.3 Å². The minimum Gasteiger partial charge on any atom is -0.297 e. The van der Waals surface area contributed by atoms with E-state index in [1.54, 1.807) is 0 Å². The lowest BCUT2D eigenvalue weighted by Gasteiger charge is -2.29. The Balaban J connectivity index is 3.30. The molecule has 3 atom stereocenters. The van der Waals surface area contributed by atoms with E-state index in [1.807, 2.05) is 0 Å². The third kappa shape index (κ3) is 7.75. The van der Waals surface area contributed by atoms with Crippen LogP contribution in [0, 0.1) is 0 Å². The maximum atomic E-state index is 11.3. The van der Waals surface area contributed by atoms with Gasteiger partial charge in [-0.25, -0.2) is 0 Å². The molecule has 1 rings (SSSR count). The maximum Gasteiger partial charge on any atom is 0.430 e. The van der Waals surface area contributed by atoms with E-state index in [2.05, 4.69) is 0 Å². The highest BCUT2D eigenvalue weighted by atomic mass is 31.2. The third-order valence-electron chi connectivity index (χ3n) is 4.58. The molecule has 1 aliphatic rings. The second-order valence-electron chi connectivity index (χ2n) is 6.60. The third-order valence-corrected chi connectivity index (χ3v) is 8.05. The van der Waals surface area contributed by atoms with Crippen molar-refractivity contribution >= 4 is 42.7 Å². The topological polar surface area (TPSA) is 243 Å². The molecule has 0 aliphatic carbocycles. The van der Waals surface area contributed by atoms with Gasteiger partial charge < -0.3 is 0 Å². The number of hydrogen-bond acceptors (Lipinski definition) is 15. The molecule has 0 saturated carbocycles. The first-order valence-corrected chi connectivity index (χ1v) is 13.6. The molecule has 174 valence electrons. The van der Waals surface area contributed by atoms with Crippen molar-refractivity contribution in [3.63, 3.8) is 0 Å². The predicted molar refractivity (Wildman–Crippen MR) is 105 cm³/mol. The van der Waals surface area contributed by atoms with Crippen molar-refractivity contribution < 1.29 is 58.4 Å². The average Bonchev–Trinajstić information content (AvgIpc) is 2.66. The van der Waals surface area contributed by atoms with E-state index >= 15 is 0 Å². The molecule has 0 spiro atoms. The van der Waals surface area contributed by atoms with Gasteiger partial charge in [0.05, 0.1) is 0 Å². The van der Waals surface area contributed by atoms with Gasteiger partial charge in [-0.05, 0) is 0 Å². The van der Waals surface area contributed by atoms with E-state index in [1.165, 1.54) is 0 Å². The smallest absolute Gasteiger partial charge is 0.297 e. The van der Waals surface area contributed by atoms with E-state index in [0.717, 1.165) is 14.7 Å². The molecule has 0 bridgehead atoms. The van der Waals surface area contributed by atoms with Crippen molar-refractivity contribution in [3.8, 4) is 0 Å². The van der Waals surface area contributed by atoms with Crippen LogP contribution in [0.1, 0.15) is 0 Å². The molecule has 1 aliphatic heterocycles. The molecule has 0 radical (unpaired) electrons. The predicted octanol–water partition coefficient (Wildman–Crippen LogP) is -4.30. The van der Waals surface area contributed by atoms with Crippen molar-refractivity contribution in [2.45, 2.75) is 17.3 Å². The minimum atomic E-state index is -4.71.